The van der Waals surface area contributed by atoms with Crippen molar-refractivity contribution < 1.29 is 23.2 Å². The first-order chi connectivity index (χ1) is 15.1. The van der Waals surface area contributed by atoms with Gasteiger partial charge in [-0.15, -0.1) is 0 Å². The smallest absolute Gasteiger partial charge is 0.494 e. The Balaban J connectivity index is 1.96. The molecular weight excluding hydrogens is 411 g/mol. The SMILES string of the molecule is CCCCCCCCCCCCCCCCOP(=O)(O)Oc1ccc(OCCC)cc1. The molecule has 0 spiro atoms. The minimum Gasteiger partial charge on any atom is -0.494 e. The highest BCUT2D eigenvalue weighted by atomic mass is 31.2. The molecule has 0 amide bonds. The molecule has 1 N–H and O–H groups in total. The van der Waals surface area contributed by atoms with Gasteiger partial charge in [-0.05, 0) is 37.1 Å². The number of ether oxygens (including phenoxy) is 1. The molecule has 1 rings (SSSR count). The Morgan fingerprint density at radius 1 is 0.645 bits per heavy atom. The van der Waals surface area contributed by atoms with Gasteiger partial charge in [0.1, 0.15) is 11.5 Å². The highest BCUT2D eigenvalue weighted by Crippen LogP contribution is 2.44. The van der Waals surface area contributed by atoms with Gasteiger partial charge in [-0.25, -0.2) is 4.57 Å². The van der Waals surface area contributed by atoms with Crippen LogP contribution >= 0.6 is 7.82 Å². The molecule has 6 heteroatoms. The van der Waals surface area contributed by atoms with Gasteiger partial charge in [0.25, 0.3) is 0 Å². The summed E-state index contributed by atoms with van der Waals surface area (Å²) < 4.78 is 27.7. The average molecular weight is 457 g/mol. The van der Waals surface area contributed by atoms with Crippen LogP contribution in [0.1, 0.15) is 110 Å². The number of phosphoric ester groups is 1. The van der Waals surface area contributed by atoms with E-state index < -0.39 is 7.82 Å². The van der Waals surface area contributed by atoms with E-state index in [0.29, 0.717) is 18.1 Å². The van der Waals surface area contributed by atoms with Gasteiger partial charge in [0.15, 0.2) is 0 Å². The minimum absolute atomic E-state index is 0.240. The molecule has 1 unspecified atom stereocenters. The van der Waals surface area contributed by atoms with Crippen LogP contribution in [0, 0.1) is 0 Å². The molecule has 0 aliphatic rings. The maximum atomic E-state index is 12.1. The molecule has 0 bridgehead atoms. The van der Waals surface area contributed by atoms with Crippen LogP contribution in [0.4, 0.5) is 0 Å². The molecule has 0 saturated heterocycles. The van der Waals surface area contributed by atoms with Crippen molar-refractivity contribution in [3.63, 3.8) is 0 Å². The zero-order valence-electron chi connectivity index (χ0n) is 19.9. The predicted molar refractivity (Wildman–Crippen MR) is 129 cm³/mol. The lowest BCUT2D eigenvalue weighted by Gasteiger charge is -2.13. The number of hydrogen-bond donors (Lipinski definition) is 1. The Morgan fingerprint density at radius 3 is 1.58 bits per heavy atom. The van der Waals surface area contributed by atoms with E-state index in [2.05, 4.69) is 6.92 Å². The fraction of sp³-hybridized carbons (Fsp3) is 0.760. The zero-order chi connectivity index (χ0) is 22.6. The van der Waals surface area contributed by atoms with Gasteiger partial charge in [-0.1, -0.05) is 97.3 Å². The van der Waals surface area contributed by atoms with Gasteiger partial charge < -0.3 is 9.26 Å². The monoisotopic (exact) mass is 456 g/mol. The largest absolute Gasteiger partial charge is 0.527 e. The number of rotatable bonds is 21. The Hall–Kier alpha value is -1.03. The van der Waals surface area contributed by atoms with E-state index in [1.165, 1.54) is 70.6 Å². The fourth-order valence-electron chi connectivity index (χ4n) is 3.45. The van der Waals surface area contributed by atoms with Gasteiger partial charge in [-0.2, -0.15) is 0 Å². The molecule has 0 aliphatic carbocycles. The summed E-state index contributed by atoms with van der Waals surface area (Å²) in [5.74, 6) is 1.01. The van der Waals surface area contributed by atoms with E-state index in [0.717, 1.165) is 25.7 Å². The van der Waals surface area contributed by atoms with Crippen molar-refractivity contribution >= 4 is 7.82 Å². The van der Waals surface area contributed by atoms with Gasteiger partial charge in [0.2, 0.25) is 0 Å². The summed E-state index contributed by atoms with van der Waals surface area (Å²) in [5.41, 5.74) is 0. The van der Waals surface area contributed by atoms with Crippen LogP contribution in [-0.4, -0.2) is 18.1 Å². The number of hydrogen-bond acceptors (Lipinski definition) is 4. The second kappa shape index (κ2) is 18.5. The molecule has 1 atom stereocenters. The Labute approximate surface area is 190 Å². The third kappa shape index (κ3) is 16.3. The average Bonchev–Trinajstić information content (AvgIpc) is 2.75. The lowest BCUT2D eigenvalue weighted by Crippen LogP contribution is -2.00. The van der Waals surface area contributed by atoms with Crippen LogP contribution in [0.3, 0.4) is 0 Å². The maximum Gasteiger partial charge on any atom is 0.527 e. The van der Waals surface area contributed by atoms with Crippen LogP contribution in [-0.2, 0) is 9.09 Å². The summed E-state index contributed by atoms with van der Waals surface area (Å²) >= 11 is 0. The summed E-state index contributed by atoms with van der Waals surface area (Å²) in [5, 5.41) is 0. The quantitative estimate of drug-likeness (QED) is 0.148. The normalized spacial score (nSPS) is 13.1. The third-order valence-electron chi connectivity index (χ3n) is 5.27. The van der Waals surface area contributed by atoms with Crippen LogP contribution in [0.25, 0.3) is 0 Å². The standard InChI is InChI=1S/C25H45O5P/c1-3-5-6-7-8-9-10-11-12-13-14-15-16-17-23-29-31(26,27)30-25-20-18-24(19-21-25)28-22-4-2/h18-21H,3-17,22-23H2,1-2H3,(H,26,27). The fourth-order valence-corrected chi connectivity index (χ4v) is 4.25. The highest BCUT2D eigenvalue weighted by Gasteiger charge is 2.22. The Morgan fingerprint density at radius 2 is 1.10 bits per heavy atom. The summed E-state index contributed by atoms with van der Waals surface area (Å²) in [7, 11) is -4.08. The van der Waals surface area contributed by atoms with Gasteiger partial charge >= 0.3 is 7.82 Å². The first kappa shape index (κ1) is 28.0. The van der Waals surface area contributed by atoms with Crippen LogP contribution in [0.2, 0.25) is 0 Å². The number of benzene rings is 1. The highest BCUT2D eigenvalue weighted by molar-refractivity contribution is 7.47. The predicted octanol–water partition coefficient (Wildman–Crippen LogP) is 8.45. The molecule has 180 valence electrons. The summed E-state index contributed by atoms with van der Waals surface area (Å²) in [6, 6.07) is 6.67. The van der Waals surface area contributed by atoms with E-state index in [4.69, 9.17) is 13.8 Å². The maximum absolute atomic E-state index is 12.1. The molecule has 0 heterocycles. The topological polar surface area (TPSA) is 65.0 Å². The van der Waals surface area contributed by atoms with Crippen molar-refractivity contribution in [2.75, 3.05) is 13.2 Å². The first-order valence-corrected chi connectivity index (χ1v) is 14.0. The van der Waals surface area contributed by atoms with Crippen molar-refractivity contribution in [1.82, 2.24) is 0 Å². The lowest BCUT2D eigenvalue weighted by molar-refractivity contribution is 0.199. The van der Waals surface area contributed by atoms with Crippen molar-refractivity contribution in [3.05, 3.63) is 24.3 Å². The molecule has 0 aliphatic heterocycles. The lowest BCUT2D eigenvalue weighted by atomic mass is 10.0. The van der Waals surface area contributed by atoms with Gasteiger partial charge in [0, 0.05) is 0 Å². The molecule has 1 aromatic rings. The Bertz CT molecular complexity index is 576. The van der Waals surface area contributed by atoms with Crippen LogP contribution in [0.5, 0.6) is 11.5 Å². The molecule has 31 heavy (non-hydrogen) atoms. The Kier molecular flexibility index (Phi) is 16.7. The second-order valence-electron chi connectivity index (χ2n) is 8.31. The van der Waals surface area contributed by atoms with E-state index in [1.54, 1.807) is 24.3 Å². The van der Waals surface area contributed by atoms with Gasteiger partial charge in [-0.3, -0.25) is 9.42 Å². The molecular formula is C25H45O5P. The summed E-state index contributed by atoms with van der Waals surface area (Å²) in [4.78, 5) is 9.86. The van der Waals surface area contributed by atoms with Crippen molar-refractivity contribution in [2.45, 2.75) is 110 Å². The minimum atomic E-state index is -4.08. The molecule has 0 aromatic heterocycles. The van der Waals surface area contributed by atoms with E-state index in [1.807, 2.05) is 6.92 Å². The molecule has 5 nitrogen and oxygen atoms in total. The van der Waals surface area contributed by atoms with E-state index in [-0.39, 0.29) is 6.61 Å². The molecule has 0 fully saturated rings. The van der Waals surface area contributed by atoms with Crippen molar-refractivity contribution in [3.8, 4) is 11.5 Å². The van der Waals surface area contributed by atoms with Crippen molar-refractivity contribution in [2.24, 2.45) is 0 Å². The molecule has 0 radical (unpaired) electrons. The van der Waals surface area contributed by atoms with E-state index in [9.17, 15) is 9.46 Å². The van der Waals surface area contributed by atoms with Crippen molar-refractivity contribution in [1.29, 1.82) is 0 Å². The number of phosphoric acid groups is 1. The van der Waals surface area contributed by atoms with Crippen LogP contribution in [0.15, 0.2) is 24.3 Å². The third-order valence-corrected chi connectivity index (χ3v) is 6.22. The summed E-state index contributed by atoms with van der Waals surface area (Å²) in [6.07, 6.45) is 18.7. The van der Waals surface area contributed by atoms with Gasteiger partial charge in [0.05, 0.1) is 13.2 Å². The second-order valence-corrected chi connectivity index (χ2v) is 9.69. The first-order valence-electron chi connectivity index (χ1n) is 12.5. The zero-order valence-corrected chi connectivity index (χ0v) is 20.8. The van der Waals surface area contributed by atoms with E-state index >= 15 is 0 Å². The summed E-state index contributed by atoms with van der Waals surface area (Å²) in [6.45, 7) is 5.18. The molecule has 1 aromatic carbocycles. The molecule has 0 saturated carbocycles. The number of unbranched alkanes of at least 4 members (excludes halogenated alkanes) is 13. The van der Waals surface area contributed by atoms with Crippen LogP contribution < -0.4 is 9.26 Å².